The number of benzene rings is 4. The Labute approximate surface area is 183 Å². The van der Waals surface area contributed by atoms with Crippen molar-refractivity contribution in [1.29, 1.82) is 5.41 Å². The van der Waals surface area contributed by atoms with Gasteiger partial charge in [-0.3, -0.25) is 5.41 Å². The third-order valence-electron chi connectivity index (χ3n) is 5.78. The summed E-state index contributed by atoms with van der Waals surface area (Å²) in [6.45, 7) is 0. The van der Waals surface area contributed by atoms with E-state index < -0.39 is 0 Å². The highest BCUT2D eigenvalue weighted by molar-refractivity contribution is 6.20. The summed E-state index contributed by atoms with van der Waals surface area (Å²) >= 11 is 0. The molecule has 0 unspecified atom stereocenters. The Kier molecular flexibility index (Phi) is 4.08. The van der Waals surface area contributed by atoms with Crippen molar-refractivity contribution in [3.63, 3.8) is 0 Å². The highest BCUT2D eigenvalue weighted by Gasteiger charge is 2.17. The van der Waals surface area contributed by atoms with Gasteiger partial charge in [0.05, 0.1) is 11.1 Å². The minimum absolute atomic E-state index is 0.118. The largest absolute Gasteiger partial charge is 0.455 e. The first-order valence-corrected chi connectivity index (χ1v) is 10.4. The summed E-state index contributed by atoms with van der Waals surface area (Å²) < 4.78 is 12.2. The number of hydrogen-bond acceptors (Lipinski definition) is 3. The van der Waals surface area contributed by atoms with Gasteiger partial charge in [-0.1, -0.05) is 60.7 Å². The smallest absolute Gasteiger partial charge is 0.158 e. The Bertz CT molecular complexity index is 1690. The molecule has 6 rings (SSSR count). The lowest BCUT2D eigenvalue weighted by Crippen LogP contribution is -2.21. The van der Waals surface area contributed by atoms with E-state index in [0.29, 0.717) is 17.0 Å². The molecule has 5 heteroatoms. The van der Waals surface area contributed by atoms with Crippen molar-refractivity contribution in [1.82, 2.24) is 5.32 Å². The van der Waals surface area contributed by atoms with E-state index in [1.165, 1.54) is 0 Å². The van der Waals surface area contributed by atoms with Gasteiger partial charge >= 0.3 is 0 Å². The molecule has 0 amide bonds. The zero-order valence-electron chi connectivity index (χ0n) is 17.3. The summed E-state index contributed by atoms with van der Waals surface area (Å²) in [5.41, 5.74) is 4.49. The Morgan fingerprint density at radius 3 is 1.75 bits per heavy atom. The average Bonchev–Trinajstić information content (AvgIpc) is 3.41. The summed E-state index contributed by atoms with van der Waals surface area (Å²) in [4.78, 5) is 4.64. The van der Waals surface area contributed by atoms with Gasteiger partial charge in [0.2, 0.25) is 0 Å². The third-order valence-corrected chi connectivity index (χ3v) is 5.78. The fraction of sp³-hybridized carbons (Fsp3) is 0.0370. The number of furan rings is 2. The first-order valence-electron chi connectivity index (χ1n) is 10.4. The van der Waals surface area contributed by atoms with Crippen molar-refractivity contribution in [3.05, 3.63) is 96.1 Å². The van der Waals surface area contributed by atoms with E-state index in [9.17, 15) is 0 Å². The van der Waals surface area contributed by atoms with E-state index in [2.05, 4.69) is 10.3 Å². The molecule has 0 saturated heterocycles. The molecule has 6 aromatic rings. The van der Waals surface area contributed by atoms with Crippen LogP contribution in [-0.2, 0) is 0 Å². The molecule has 32 heavy (non-hydrogen) atoms. The second-order valence-electron chi connectivity index (χ2n) is 7.62. The molecule has 0 fully saturated rings. The van der Waals surface area contributed by atoms with Crippen LogP contribution in [-0.4, -0.2) is 18.7 Å². The minimum Gasteiger partial charge on any atom is -0.455 e. The van der Waals surface area contributed by atoms with Crippen LogP contribution in [0.15, 0.2) is 98.8 Å². The first-order chi connectivity index (χ1) is 15.7. The number of nitrogens with one attached hydrogen (secondary N) is 2. The number of fused-ring (bicyclic) bond motifs is 6. The van der Waals surface area contributed by atoms with Crippen LogP contribution in [0.25, 0.3) is 43.9 Å². The van der Waals surface area contributed by atoms with Gasteiger partial charge in [0.1, 0.15) is 28.2 Å². The van der Waals surface area contributed by atoms with Gasteiger partial charge in [-0.05, 0) is 24.3 Å². The van der Waals surface area contributed by atoms with E-state index in [-0.39, 0.29) is 5.84 Å². The van der Waals surface area contributed by atoms with Crippen molar-refractivity contribution < 1.29 is 8.83 Å². The fourth-order valence-electron chi connectivity index (χ4n) is 4.29. The summed E-state index contributed by atoms with van der Waals surface area (Å²) in [6.07, 6.45) is 0. The van der Waals surface area contributed by atoms with Crippen molar-refractivity contribution in [2.75, 3.05) is 7.05 Å². The molecule has 0 spiro atoms. The number of nitrogens with zero attached hydrogens (tertiary/aromatic N) is 1. The van der Waals surface area contributed by atoms with E-state index in [1.54, 1.807) is 7.05 Å². The lowest BCUT2D eigenvalue weighted by molar-refractivity contribution is 0.667. The number of rotatable bonds is 2. The summed E-state index contributed by atoms with van der Waals surface area (Å²) in [7, 11) is 1.80. The zero-order valence-corrected chi connectivity index (χ0v) is 17.3. The Morgan fingerprint density at radius 1 is 0.656 bits per heavy atom. The van der Waals surface area contributed by atoms with Crippen molar-refractivity contribution in [2.24, 2.45) is 4.99 Å². The molecule has 0 aliphatic heterocycles. The van der Waals surface area contributed by atoms with Gasteiger partial charge in [0.25, 0.3) is 0 Å². The maximum absolute atomic E-state index is 8.77. The molecule has 2 aromatic heterocycles. The van der Waals surface area contributed by atoms with E-state index in [0.717, 1.165) is 43.9 Å². The summed E-state index contributed by atoms with van der Waals surface area (Å²) in [5.74, 6) is 0.680. The predicted octanol–water partition coefficient (Wildman–Crippen LogP) is 6.48. The average molecular weight is 417 g/mol. The number of aliphatic imine (C=N–C) groups is 1. The van der Waals surface area contributed by atoms with E-state index in [1.807, 2.05) is 84.9 Å². The quantitative estimate of drug-likeness (QED) is 0.250. The van der Waals surface area contributed by atoms with Gasteiger partial charge in [0, 0.05) is 28.6 Å². The lowest BCUT2D eigenvalue weighted by Gasteiger charge is -2.08. The highest BCUT2D eigenvalue weighted by atomic mass is 16.3. The first kappa shape index (κ1) is 18.4. The standard InChI is InChI=1S/C27H19N3O2/c1-29-27(21-13-7-11-19-17-9-3-5-15-23(17)32-25(19)21)30-26(28)20-12-6-10-18-16-8-2-4-14-22(16)31-24(18)20/h2-15H,1H3,(H2,28,29,30). The molecule has 0 radical (unpaired) electrons. The van der Waals surface area contributed by atoms with E-state index in [4.69, 9.17) is 14.2 Å². The molecule has 0 aliphatic carbocycles. The van der Waals surface area contributed by atoms with Crippen molar-refractivity contribution >= 4 is 55.5 Å². The van der Waals surface area contributed by atoms with Crippen molar-refractivity contribution in [2.45, 2.75) is 0 Å². The molecule has 2 heterocycles. The minimum atomic E-state index is 0.118. The molecule has 5 nitrogen and oxygen atoms in total. The molecule has 0 saturated carbocycles. The predicted molar refractivity (Wildman–Crippen MR) is 130 cm³/mol. The van der Waals surface area contributed by atoms with Crippen LogP contribution in [0.4, 0.5) is 0 Å². The van der Waals surface area contributed by atoms with Crippen molar-refractivity contribution in [3.8, 4) is 0 Å². The maximum Gasteiger partial charge on any atom is 0.158 e. The molecule has 154 valence electrons. The Hall–Kier alpha value is -4.38. The summed E-state index contributed by atoms with van der Waals surface area (Å²) in [6, 6.07) is 27.6. The van der Waals surface area contributed by atoms with Crippen LogP contribution in [0.1, 0.15) is 11.1 Å². The number of amidine groups is 2. The second kappa shape index (κ2) is 7.10. The second-order valence-corrected chi connectivity index (χ2v) is 7.62. The number of hydrogen-bond donors (Lipinski definition) is 2. The Morgan fingerprint density at radius 2 is 1.16 bits per heavy atom. The van der Waals surface area contributed by atoms with Crippen LogP contribution in [0.5, 0.6) is 0 Å². The molecular weight excluding hydrogens is 398 g/mol. The zero-order chi connectivity index (χ0) is 21.7. The fourth-order valence-corrected chi connectivity index (χ4v) is 4.29. The molecule has 0 atom stereocenters. The molecule has 0 aliphatic rings. The van der Waals surface area contributed by atoms with Gasteiger partial charge in [-0.2, -0.15) is 0 Å². The maximum atomic E-state index is 8.77. The molecular formula is C27H19N3O2. The van der Waals surface area contributed by atoms with Gasteiger partial charge < -0.3 is 14.2 Å². The monoisotopic (exact) mass is 417 g/mol. The van der Waals surface area contributed by atoms with Gasteiger partial charge in [0.15, 0.2) is 5.84 Å². The molecule has 2 N–H and O–H groups in total. The van der Waals surface area contributed by atoms with Gasteiger partial charge in [-0.25, -0.2) is 4.99 Å². The summed E-state index contributed by atoms with van der Waals surface area (Å²) in [5, 5.41) is 16.0. The Balaban J connectivity index is 1.51. The van der Waals surface area contributed by atoms with Crippen LogP contribution in [0.3, 0.4) is 0 Å². The van der Waals surface area contributed by atoms with Crippen LogP contribution >= 0.6 is 0 Å². The van der Waals surface area contributed by atoms with E-state index >= 15 is 0 Å². The number of para-hydroxylation sites is 4. The van der Waals surface area contributed by atoms with Crippen LogP contribution < -0.4 is 5.32 Å². The topological polar surface area (TPSA) is 74.5 Å². The molecule has 0 bridgehead atoms. The van der Waals surface area contributed by atoms with Gasteiger partial charge in [-0.15, -0.1) is 0 Å². The third kappa shape index (κ3) is 2.72. The lowest BCUT2D eigenvalue weighted by atomic mass is 10.1. The van der Waals surface area contributed by atoms with Crippen LogP contribution in [0.2, 0.25) is 0 Å². The highest BCUT2D eigenvalue weighted by Crippen LogP contribution is 2.32. The molecule has 4 aromatic carbocycles. The van der Waals surface area contributed by atoms with Crippen LogP contribution in [0, 0.1) is 5.41 Å². The normalized spacial score (nSPS) is 12.2. The SMILES string of the molecule is CN/C(=N\C(=N)c1cccc2c1oc1ccccc12)c1cccc2c1oc1ccccc12.